The first-order valence-electron chi connectivity index (χ1n) is 4.40. The van der Waals surface area contributed by atoms with Gasteiger partial charge in [0.1, 0.15) is 3.72 Å². The van der Waals surface area contributed by atoms with E-state index in [4.69, 9.17) is 0 Å². The Kier molecular flexibility index (Phi) is 2.90. The number of carbonyl (C=O) groups excluding carboxylic acids is 1. The third-order valence-electron chi connectivity index (χ3n) is 2.20. The van der Waals surface area contributed by atoms with Crippen LogP contribution in [0.4, 0.5) is 0 Å². The van der Waals surface area contributed by atoms with Crippen LogP contribution in [0, 0.1) is 0 Å². The van der Waals surface area contributed by atoms with E-state index < -0.39 is 0 Å². The van der Waals surface area contributed by atoms with Crippen molar-refractivity contribution in [1.82, 2.24) is 5.43 Å². The van der Waals surface area contributed by atoms with Crippen molar-refractivity contribution in [3.63, 3.8) is 0 Å². The maximum Gasteiger partial charge on any atom is 0.337 e. The summed E-state index contributed by atoms with van der Waals surface area (Å²) in [6.07, 6.45) is 0. The second-order valence-electron chi connectivity index (χ2n) is 3.10. The van der Waals surface area contributed by atoms with E-state index in [9.17, 15) is 4.79 Å². The minimum Gasteiger partial charge on any atom is -0.465 e. The Hall–Kier alpha value is -1.11. The molecular formula is C10H9IN2O2. The van der Waals surface area contributed by atoms with E-state index in [2.05, 4.69) is 37.9 Å². The molecule has 0 saturated heterocycles. The number of methoxy groups -OCH3 is 1. The van der Waals surface area contributed by atoms with Gasteiger partial charge in [-0.3, -0.25) is 0 Å². The van der Waals surface area contributed by atoms with Gasteiger partial charge in [-0.15, -0.1) is 0 Å². The second-order valence-corrected chi connectivity index (χ2v) is 4.12. The van der Waals surface area contributed by atoms with Crippen LogP contribution in [0.5, 0.6) is 0 Å². The monoisotopic (exact) mass is 316 g/mol. The molecule has 5 heteroatoms. The maximum atomic E-state index is 11.3. The number of rotatable bonds is 1. The molecule has 1 aromatic carbocycles. The zero-order valence-corrected chi connectivity index (χ0v) is 10.2. The van der Waals surface area contributed by atoms with Crippen LogP contribution >= 0.6 is 22.6 Å². The fraction of sp³-hybridized carbons (Fsp3) is 0.200. The molecule has 0 spiro atoms. The molecule has 0 amide bonds. The summed E-state index contributed by atoms with van der Waals surface area (Å²) in [6.45, 7) is 0.646. The molecule has 1 aliphatic heterocycles. The molecule has 0 aromatic heterocycles. The van der Waals surface area contributed by atoms with Crippen molar-refractivity contribution in [3.05, 3.63) is 34.9 Å². The summed E-state index contributed by atoms with van der Waals surface area (Å²) in [5.41, 5.74) is 5.61. The summed E-state index contributed by atoms with van der Waals surface area (Å²) in [5, 5.41) is 4.10. The van der Waals surface area contributed by atoms with Crippen LogP contribution in [0.1, 0.15) is 21.5 Å². The Balaban J connectivity index is 2.43. The van der Waals surface area contributed by atoms with Gasteiger partial charge in [0.15, 0.2) is 0 Å². The van der Waals surface area contributed by atoms with Gasteiger partial charge >= 0.3 is 5.97 Å². The van der Waals surface area contributed by atoms with Crippen molar-refractivity contribution in [3.8, 4) is 0 Å². The lowest BCUT2D eigenvalue weighted by molar-refractivity contribution is 0.0600. The van der Waals surface area contributed by atoms with E-state index in [1.165, 1.54) is 7.11 Å². The predicted molar refractivity (Wildman–Crippen MR) is 65.2 cm³/mol. The first kappa shape index (κ1) is 10.4. The first-order valence-corrected chi connectivity index (χ1v) is 5.48. The molecule has 4 nitrogen and oxygen atoms in total. The molecule has 0 unspecified atom stereocenters. The van der Waals surface area contributed by atoms with Gasteiger partial charge in [-0.25, -0.2) is 4.79 Å². The lowest BCUT2D eigenvalue weighted by Crippen LogP contribution is -2.17. The summed E-state index contributed by atoms with van der Waals surface area (Å²) >= 11 is 2.16. The predicted octanol–water partition coefficient (Wildman–Crippen LogP) is 1.67. The van der Waals surface area contributed by atoms with E-state index >= 15 is 0 Å². The van der Waals surface area contributed by atoms with Gasteiger partial charge < -0.3 is 10.2 Å². The van der Waals surface area contributed by atoms with Crippen molar-refractivity contribution in [2.24, 2.45) is 5.10 Å². The van der Waals surface area contributed by atoms with Crippen molar-refractivity contribution in [2.75, 3.05) is 7.11 Å². The zero-order valence-electron chi connectivity index (χ0n) is 8.08. The number of halogens is 1. The first-order chi connectivity index (χ1) is 7.22. The average Bonchev–Trinajstić information content (AvgIpc) is 2.28. The molecule has 1 heterocycles. The van der Waals surface area contributed by atoms with Gasteiger partial charge in [0.05, 0.1) is 19.2 Å². The number of hydrogen-bond acceptors (Lipinski definition) is 4. The van der Waals surface area contributed by atoms with E-state index in [1.807, 2.05) is 12.1 Å². The molecule has 0 radical (unpaired) electrons. The third kappa shape index (κ3) is 1.97. The Morgan fingerprint density at radius 1 is 1.60 bits per heavy atom. The van der Waals surface area contributed by atoms with Crippen molar-refractivity contribution >= 4 is 32.3 Å². The van der Waals surface area contributed by atoms with E-state index in [-0.39, 0.29) is 5.97 Å². The summed E-state index contributed by atoms with van der Waals surface area (Å²) < 4.78 is 5.57. The fourth-order valence-electron chi connectivity index (χ4n) is 1.44. The van der Waals surface area contributed by atoms with Crippen molar-refractivity contribution in [2.45, 2.75) is 6.54 Å². The van der Waals surface area contributed by atoms with E-state index in [1.54, 1.807) is 6.07 Å². The average molecular weight is 316 g/mol. The minimum absolute atomic E-state index is 0.310. The second kappa shape index (κ2) is 4.18. The Morgan fingerprint density at radius 2 is 2.40 bits per heavy atom. The van der Waals surface area contributed by atoms with Crippen LogP contribution in [-0.2, 0) is 11.3 Å². The number of carbonyl (C=O) groups is 1. The third-order valence-corrected chi connectivity index (χ3v) is 3.02. The zero-order chi connectivity index (χ0) is 10.8. The molecule has 2 rings (SSSR count). The molecule has 78 valence electrons. The van der Waals surface area contributed by atoms with Gasteiger partial charge in [0.25, 0.3) is 0 Å². The molecular weight excluding hydrogens is 307 g/mol. The van der Waals surface area contributed by atoms with Gasteiger partial charge in [-0.1, -0.05) is 6.07 Å². The number of fused-ring (bicyclic) bond motifs is 1. The smallest absolute Gasteiger partial charge is 0.337 e. The van der Waals surface area contributed by atoms with Crippen molar-refractivity contribution < 1.29 is 9.53 Å². The van der Waals surface area contributed by atoms with E-state index in [0.717, 1.165) is 14.8 Å². The highest BCUT2D eigenvalue weighted by Gasteiger charge is 2.14. The maximum absolute atomic E-state index is 11.3. The summed E-state index contributed by atoms with van der Waals surface area (Å²) in [4.78, 5) is 11.3. The molecule has 0 fully saturated rings. The quantitative estimate of drug-likeness (QED) is 0.633. The molecule has 0 saturated carbocycles. The lowest BCUT2D eigenvalue weighted by Gasteiger charge is -2.14. The van der Waals surface area contributed by atoms with Crippen molar-refractivity contribution in [1.29, 1.82) is 0 Å². The minimum atomic E-state index is -0.310. The number of nitrogens with zero attached hydrogens (tertiary/aromatic N) is 1. The van der Waals surface area contributed by atoms with Gasteiger partial charge in [0.2, 0.25) is 0 Å². The van der Waals surface area contributed by atoms with Gasteiger partial charge in [-0.2, -0.15) is 5.10 Å². The Labute approximate surface area is 101 Å². The summed E-state index contributed by atoms with van der Waals surface area (Å²) in [7, 11) is 1.38. The molecule has 0 atom stereocenters. The largest absolute Gasteiger partial charge is 0.465 e. The summed E-state index contributed by atoms with van der Waals surface area (Å²) in [5.74, 6) is -0.310. The topological polar surface area (TPSA) is 50.7 Å². The molecule has 1 aromatic rings. The van der Waals surface area contributed by atoms with Crippen LogP contribution < -0.4 is 5.43 Å². The number of benzene rings is 1. The fourth-order valence-corrected chi connectivity index (χ4v) is 2.14. The van der Waals surface area contributed by atoms with Crippen LogP contribution in [0.2, 0.25) is 0 Å². The Bertz CT molecular complexity index is 443. The van der Waals surface area contributed by atoms with Gasteiger partial charge in [0, 0.05) is 5.56 Å². The number of ether oxygens (including phenoxy) is 1. The molecule has 1 aliphatic rings. The van der Waals surface area contributed by atoms with E-state index in [0.29, 0.717) is 12.1 Å². The highest BCUT2D eigenvalue weighted by molar-refractivity contribution is 14.1. The standard InChI is InChI=1S/C10H9IN2O2/c1-15-10(14)6-2-3-8-7(4-6)5-12-13-9(8)11/h2-4,12H,5H2,1H3. The van der Waals surface area contributed by atoms with Crippen LogP contribution in [0.15, 0.2) is 23.3 Å². The number of hydrazone groups is 1. The SMILES string of the molecule is COC(=O)c1ccc2c(c1)CNN=C2I. The highest BCUT2D eigenvalue weighted by Crippen LogP contribution is 2.19. The summed E-state index contributed by atoms with van der Waals surface area (Å²) in [6, 6.07) is 5.49. The molecule has 15 heavy (non-hydrogen) atoms. The molecule has 0 bridgehead atoms. The normalized spacial score (nSPS) is 13.6. The Morgan fingerprint density at radius 3 is 3.13 bits per heavy atom. The van der Waals surface area contributed by atoms with Crippen LogP contribution in [0.25, 0.3) is 0 Å². The van der Waals surface area contributed by atoms with Gasteiger partial charge in [-0.05, 0) is 40.3 Å². The number of hydrogen-bond donors (Lipinski definition) is 1. The van der Waals surface area contributed by atoms with Crippen LogP contribution in [0.3, 0.4) is 0 Å². The lowest BCUT2D eigenvalue weighted by atomic mass is 10.0. The highest BCUT2D eigenvalue weighted by atomic mass is 127. The molecule has 1 N–H and O–H groups in total. The molecule has 0 aliphatic carbocycles. The number of nitrogens with one attached hydrogen (secondary N) is 1. The number of esters is 1. The van der Waals surface area contributed by atoms with Crippen LogP contribution in [-0.4, -0.2) is 16.8 Å².